The maximum absolute atomic E-state index is 13.0. The number of benzene rings is 2. The number of pyridine rings is 1. The standard InChI is InChI=1S/C23H20BrN3O2/c24-18-7-4-6-17(14-18)23(10-11-23)22(29)27-19-9-3-5-16(13-19)21(28)26-15-20-8-1-2-12-25-20/h1-9,12-14H,10-11,15H2,(H,26,28)(H,27,29). The van der Waals surface area contributed by atoms with Crippen LogP contribution >= 0.6 is 15.9 Å². The van der Waals surface area contributed by atoms with Crippen LogP contribution in [0.1, 0.15) is 34.5 Å². The third-order valence-electron chi connectivity index (χ3n) is 5.10. The Balaban J connectivity index is 1.43. The summed E-state index contributed by atoms with van der Waals surface area (Å²) in [5.74, 6) is -0.249. The fourth-order valence-electron chi connectivity index (χ4n) is 3.32. The molecule has 6 heteroatoms. The van der Waals surface area contributed by atoms with E-state index in [4.69, 9.17) is 0 Å². The third kappa shape index (κ3) is 4.38. The summed E-state index contributed by atoms with van der Waals surface area (Å²) >= 11 is 3.47. The van der Waals surface area contributed by atoms with Crippen LogP contribution in [0.3, 0.4) is 0 Å². The Morgan fingerprint density at radius 2 is 1.83 bits per heavy atom. The van der Waals surface area contributed by atoms with Crippen molar-refractivity contribution in [3.05, 3.63) is 94.2 Å². The van der Waals surface area contributed by atoms with E-state index >= 15 is 0 Å². The molecule has 1 aromatic heterocycles. The number of carbonyl (C=O) groups is 2. The number of carbonyl (C=O) groups excluding carboxylic acids is 2. The lowest BCUT2D eigenvalue weighted by Gasteiger charge is -2.16. The van der Waals surface area contributed by atoms with Gasteiger partial charge >= 0.3 is 0 Å². The second kappa shape index (κ2) is 8.17. The van der Waals surface area contributed by atoms with Crippen molar-refractivity contribution >= 4 is 33.4 Å². The van der Waals surface area contributed by atoms with E-state index in [-0.39, 0.29) is 11.8 Å². The maximum atomic E-state index is 13.0. The van der Waals surface area contributed by atoms with Crippen LogP contribution in [0.5, 0.6) is 0 Å². The third-order valence-corrected chi connectivity index (χ3v) is 5.59. The number of nitrogens with zero attached hydrogens (tertiary/aromatic N) is 1. The molecule has 0 saturated heterocycles. The van der Waals surface area contributed by atoms with E-state index in [0.29, 0.717) is 17.8 Å². The minimum absolute atomic E-state index is 0.0401. The highest BCUT2D eigenvalue weighted by Gasteiger charge is 2.51. The predicted octanol–water partition coefficient (Wildman–Crippen LogP) is 4.44. The molecule has 2 N–H and O–H groups in total. The van der Waals surface area contributed by atoms with Crippen molar-refractivity contribution in [1.29, 1.82) is 0 Å². The summed E-state index contributed by atoms with van der Waals surface area (Å²) in [5, 5.41) is 5.84. The Morgan fingerprint density at radius 1 is 1.00 bits per heavy atom. The number of halogens is 1. The van der Waals surface area contributed by atoms with Crippen LogP contribution in [0.4, 0.5) is 5.69 Å². The molecule has 146 valence electrons. The van der Waals surface area contributed by atoms with Gasteiger partial charge in [0.25, 0.3) is 5.91 Å². The Labute approximate surface area is 177 Å². The van der Waals surface area contributed by atoms with Gasteiger partial charge in [0.2, 0.25) is 5.91 Å². The molecule has 0 radical (unpaired) electrons. The predicted molar refractivity (Wildman–Crippen MR) is 116 cm³/mol. The van der Waals surface area contributed by atoms with Crippen LogP contribution in [0.25, 0.3) is 0 Å². The number of aromatic nitrogens is 1. The Hall–Kier alpha value is -2.99. The van der Waals surface area contributed by atoms with E-state index in [9.17, 15) is 9.59 Å². The summed E-state index contributed by atoms with van der Waals surface area (Å²) in [7, 11) is 0. The lowest BCUT2D eigenvalue weighted by Crippen LogP contribution is -2.28. The fraction of sp³-hybridized carbons (Fsp3) is 0.174. The molecular formula is C23H20BrN3O2. The molecule has 0 atom stereocenters. The molecule has 0 spiro atoms. The Morgan fingerprint density at radius 3 is 2.55 bits per heavy atom. The molecule has 5 nitrogen and oxygen atoms in total. The zero-order valence-electron chi connectivity index (χ0n) is 15.7. The van der Waals surface area contributed by atoms with Crippen LogP contribution in [-0.4, -0.2) is 16.8 Å². The monoisotopic (exact) mass is 449 g/mol. The highest BCUT2D eigenvalue weighted by molar-refractivity contribution is 9.10. The van der Waals surface area contributed by atoms with Gasteiger partial charge in [0.1, 0.15) is 0 Å². The fourth-order valence-corrected chi connectivity index (χ4v) is 3.72. The first-order valence-corrected chi connectivity index (χ1v) is 10.2. The SMILES string of the molecule is O=C(NCc1ccccn1)c1cccc(NC(=O)C2(c3cccc(Br)c3)CC2)c1. The van der Waals surface area contributed by atoms with Gasteiger partial charge in [-0.2, -0.15) is 0 Å². The molecular weight excluding hydrogens is 430 g/mol. The first-order valence-electron chi connectivity index (χ1n) is 9.42. The molecule has 3 aromatic rings. The molecule has 1 aliphatic rings. The molecule has 1 fully saturated rings. The maximum Gasteiger partial charge on any atom is 0.251 e. The summed E-state index contributed by atoms with van der Waals surface area (Å²) in [5.41, 5.74) is 2.41. The van der Waals surface area contributed by atoms with Crippen molar-refractivity contribution in [1.82, 2.24) is 10.3 Å². The Bertz CT molecular complexity index is 1050. The number of rotatable bonds is 6. The van der Waals surface area contributed by atoms with Crippen molar-refractivity contribution in [2.75, 3.05) is 5.32 Å². The number of amides is 2. The molecule has 0 aliphatic heterocycles. The van der Waals surface area contributed by atoms with Crippen LogP contribution < -0.4 is 10.6 Å². The molecule has 0 unspecified atom stereocenters. The minimum Gasteiger partial charge on any atom is -0.346 e. The highest BCUT2D eigenvalue weighted by atomic mass is 79.9. The van der Waals surface area contributed by atoms with Crippen LogP contribution in [0, 0.1) is 0 Å². The van der Waals surface area contributed by atoms with Gasteiger partial charge in [-0.3, -0.25) is 14.6 Å². The number of nitrogens with one attached hydrogen (secondary N) is 2. The van der Waals surface area contributed by atoms with E-state index in [1.807, 2.05) is 42.5 Å². The number of hydrogen-bond donors (Lipinski definition) is 2. The van der Waals surface area contributed by atoms with E-state index in [1.165, 1.54) is 0 Å². The zero-order valence-corrected chi connectivity index (χ0v) is 17.3. The molecule has 1 aliphatic carbocycles. The number of anilines is 1. The largest absolute Gasteiger partial charge is 0.346 e. The van der Waals surface area contributed by atoms with Gasteiger partial charge in [-0.25, -0.2) is 0 Å². The summed E-state index contributed by atoms with van der Waals surface area (Å²) in [4.78, 5) is 29.6. The quantitative estimate of drug-likeness (QED) is 0.583. The van der Waals surface area contributed by atoms with E-state index in [0.717, 1.165) is 28.6 Å². The van der Waals surface area contributed by atoms with E-state index < -0.39 is 5.41 Å². The van der Waals surface area contributed by atoms with Crippen molar-refractivity contribution in [3.63, 3.8) is 0 Å². The average Bonchev–Trinajstić information content (AvgIpc) is 3.55. The topological polar surface area (TPSA) is 71.1 Å². The smallest absolute Gasteiger partial charge is 0.251 e. The molecule has 0 bridgehead atoms. The second-order valence-electron chi connectivity index (χ2n) is 7.13. The van der Waals surface area contributed by atoms with Crippen molar-refractivity contribution < 1.29 is 9.59 Å². The van der Waals surface area contributed by atoms with Crippen LogP contribution in [0.2, 0.25) is 0 Å². The average molecular weight is 450 g/mol. The van der Waals surface area contributed by atoms with Crippen molar-refractivity contribution in [2.45, 2.75) is 24.8 Å². The van der Waals surface area contributed by atoms with Gasteiger partial charge in [0, 0.05) is 21.9 Å². The molecule has 1 heterocycles. The van der Waals surface area contributed by atoms with Crippen LogP contribution in [0.15, 0.2) is 77.4 Å². The first-order chi connectivity index (χ1) is 14.1. The van der Waals surface area contributed by atoms with Gasteiger partial charge in [-0.05, 0) is 60.9 Å². The van der Waals surface area contributed by atoms with Gasteiger partial charge < -0.3 is 10.6 Å². The normalized spacial score (nSPS) is 14.1. The summed E-state index contributed by atoms with van der Waals surface area (Å²) < 4.78 is 0.959. The molecule has 29 heavy (non-hydrogen) atoms. The lowest BCUT2D eigenvalue weighted by atomic mass is 9.95. The highest BCUT2D eigenvalue weighted by Crippen LogP contribution is 2.49. The first kappa shape index (κ1) is 19.3. The van der Waals surface area contributed by atoms with E-state index in [1.54, 1.807) is 30.5 Å². The van der Waals surface area contributed by atoms with Crippen molar-refractivity contribution in [3.8, 4) is 0 Å². The van der Waals surface area contributed by atoms with Gasteiger partial charge in [-0.15, -0.1) is 0 Å². The van der Waals surface area contributed by atoms with E-state index in [2.05, 4.69) is 31.5 Å². The minimum atomic E-state index is -0.485. The van der Waals surface area contributed by atoms with Crippen molar-refractivity contribution in [2.24, 2.45) is 0 Å². The summed E-state index contributed by atoms with van der Waals surface area (Å²) in [6, 6.07) is 20.4. The van der Waals surface area contributed by atoms with Gasteiger partial charge in [-0.1, -0.05) is 40.2 Å². The molecule has 2 aromatic carbocycles. The lowest BCUT2D eigenvalue weighted by molar-refractivity contribution is -0.118. The zero-order chi connectivity index (χ0) is 20.3. The Kier molecular flexibility index (Phi) is 5.45. The molecule has 4 rings (SSSR count). The number of hydrogen-bond acceptors (Lipinski definition) is 3. The molecule has 1 saturated carbocycles. The van der Waals surface area contributed by atoms with Gasteiger partial charge in [0.15, 0.2) is 0 Å². The second-order valence-corrected chi connectivity index (χ2v) is 8.05. The summed E-state index contributed by atoms with van der Waals surface area (Å²) in [6.45, 7) is 0.349. The molecule has 2 amide bonds. The summed E-state index contributed by atoms with van der Waals surface area (Å²) in [6.07, 6.45) is 3.33. The van der Waals surface area contributed by atoms with Gasteiger partial charge in [0.05, 0.1) is 17.7 Å². The van der Waals surface area contributed by atoms with Crippen LogP contribution in [-0.2, 0) is 16.8 Å².